The molecule has 0 amide bonds. The van der Waals surface area contributed by atoms with Gasteiger partial charge in [0, 0.05) is 0 Å². The molecule has 0 aliphatic carbocycles. The summed E-state index contributed by atoms with van der Waals surface area (Å²) in [6.07, 6.45) is 0.0618. The maximum Gasteiger partial charge on any atom is 0.307 e. The highest BCUT2D eigenvalue weighted by Crippen LogP contribution is 2.33. The third-order valence-corrected chi connectivity index (χ3v) is 3.10. The van der Waals surface area contributed by atoms with Gasteiger partial charge in [0.15, 0.2) is 11.5 Å². The van der Waals surface area contributed by atoms with Crippen LogP contribution in [0.5, 0.6) is 11.5 Å². The molecule has 0 saturated heterocycles. The van der Waals surface area contributed by atoms with Gasteiger partial charge in [0.1, 0.15) is 5.60 Å². The lowest BCUT2D eigenvalue weighted by atomic mass is 9.96. The maximum atomic E-state index is 11.8. The summed E-state index contributed by atoms with van der Waals surface area (Å²) in [6, 6.07) is 5.26. The average Bonchev–Trinajstić information content (AvgIpc) is 2.82. The van der Waals surface area contributed by atoms with Crippen LogP contribution in [0, 0.1) is 5.92 Å². The van der Waals surface area contributed by atoms with Crippen molar-refractivity contribution in [3.8, 4) is 11.5 Å². The zero-order valence-corrected chi connectivity index (χ0v) is 12.9. The summed E-state index contributed by atoms with van der Waals surface area (Å²) in [7, 11) is 0. The average molecular weight is 308 g/mol. The molecular weight excluding hydrogens is 288 g/mol. The van der Waals surface area contributed by atoms with Gasteiger partial charge >= 0.3 is 11.9 Å². The van der Waals surface area contributed by atoms with Crippen molar-refractivity contribution >= 4 is 11.9 Å². The summed E-state index contributed by atoms with van der Waals surface area (Å²) in [5.74, 6) is -1.14. The molecule has 0 radical (unpaired) electrons. The lowest BCUT2D eigenvalue weighted by Crippen LogP contribution is -2.28. The monoisotopic (exact) mass is 308 g/mol. The Morgan fingerprint density at radius 3 is 2.59 bits per heavy atom. The molecule has 1 unspecified atom stereocenters. The van der Waals surface area contributed by atoms with Gasteiger partial charge in [-0.1, -0.05) is 6.07 Å². The van der Waals surface area contributed by atoms with Gasteiger partial charge < -0.3 is 19.3 Å². The molecule has 1 N–H and O–H groups in total. The van der Waals surface area contributed by atoms with Crippen LogP contribution in [-0.2, 0) is 20.7 Å². The number of carboxylic acid groups (broad SMARTS) is 1. The topological polar surface area (TPSA) is 82.1 Å². The summed E-state index contributed by atoms with van der Waals surface area (Å²) in [5.41, 5.74) is 0.152. The Bertz CT molecular complexity index is 572. The Labute approximate surface area is 129 Å². The number of carboxylic acids is 1. The van der Waals surface area contributed by atoms with Crippen LogP contribution in [0.15, 0.2) is 18.2 Å². The fourth-order valence-corrected chi connectivity index (χ4v) is 2.18. The lowest BCUT2D eigenvalue weighted by molar-refractivity contribution is -0.159. The van der Waals surface area contributed by atoms with Crippen LogP contribution < -0.4 is 9.47 Å². The Hall–Kier alpha value is -2.24. The predicted molar refractivity (Wildman–Crippen MR) is 77.9 cm³/mol. The number of esters is 1. The van der Waals surface area contributed by atoms with Gasteiger partial charge in [-0.15, -0.1) is 0 Å². The van der Waals surface area contributed by atoms with E-state index >= 15 is 0 Å². The third kappa shape index (κ3) is 4.38. The van der Waals surface area contributed by atoms with Crippen molar-refractivity contribution in [2.24, 2.45) is 5.92 Å². The molecular formula is C16H20O6. The van der Waals surface area contributed by atoms with Gasteiger partial charge in [-0.3, -0.25) is 9.59 Å². The van der Waals surface area contributed by atoms with E-state index in [1.807, 2.05) is 0 Å². The fourth-order valence-electron chi connectivity index (χ4n) is 2.18. The number of hydrogen-bond acceptors (Lipinski definition) is 5. The van der Waals surface area contributed by atoms with E-state index in [0.29, 0.717) is 11.5 Å². The van der Waals surface area contributed by atoms with Gasteiger partial charge in [0.05, 0.1) is 12.3 Å². The molecule has 1 aliphatic heterocycles. The van der Waals surface area contributed by atoms with Gasteiger partial charge in [-0.2, -0.15) is 0 Å². The van der Waals surface area contributed by atoms with Crippen molar-refractivity contribution in [1.29, 1.82) is 0 Å². The van der Waals surface area contributed by atoms with Gasteiger partial charge in [0.25, 0.3) is 0 Å². The van der Waals surface area contributed by atoms with Crippen LogP contribution in [-0.4, -0.2) is 29.4 Å². The van der Waals surface area contributed by atoms with E-state index < -0.39 is 23.5 Å². The van der Waals surface area contributed by atoms with Crippen LogP contribution >= 0.6 is 0 Å². The van der Waals surface area contributed by atoms with Crippen molar-refractivity contribution in [1.82, 2.24) is 0 Å². The molecule has 0 spiro atoms. The number of hydrogen-bond donors (Lipinski definition) is 1. The van der Waals surface area contributed by atoms with Crippen LogP contribution in [0.4, 0.5) is 0 Å². The van der Waals surface area contributed by atoms with Crippen LogP contribution in [0.3, 0.4) is 0 Å². The molecule has 1 heterocycles. The molecule has 0 bridgehead atoms. The second-order valence-corrected chi connectivity index (χ2v) is 6.22. The number of carbonyl (C=O) groups is 2. The summed E-state index contributed by atoms with van der Waals surface area (Å²) in [6.45, 7) is 5.41. The molecule has 2 rings (SSSR count). The molecule has 120 valence electrons. The molecule has 1 aromatic rings. The van der Waals surface area contributed by atoms with Crippen LogP contribution in [0.25, 0.3) is 0 Å². The minimum absolute atomic E-state index is 0.166. The second kappa shape index (κ2) is 6.25. The standard InChI is InChI=1S/C16H20O6/c1-16(2,3)22-14(17)8-11(15(18)19)6-10-4-5-12-13(7-10)21-9-20-12/h4-5,7,11H,6,8-9H2,1-3H3,(H,18,19). The summed E-state index contributed by atoms with van der Waals surface area (Å²) in [5, 5.41) is 9.31. The largest absolute Gasteiger partial charge is 0.481 e. The normalized spacial score (nSPS) is 14.5. The van der Waals surface area contributed by atoms with Gasteiger partial charge in [0.2, 0.25) is 6.79 Å². The first-order chi connectivity index (χ1) is 10.2. The quantitative estimate of drug-likeness (QED) is 0.841. The first kappa shape index (κ1) is 16.1. The minimum atomic E-state index is -1.02. The third-order valence-electron chi connectivity index (χ3n) is 3.10. The molecule has 22 heavy (non-hydrogen) atoms. The van der Waals surface area contributed by atoms with E-state index in [1.165, 1.54) is 0 Å². The first-order valence-corrected chi connectivity index (χ1v) is 7.08. The van der Waals surface area contributed by atoms with E-state index in [0.717, 1.165) is 5.56 Å². The van der Waals surface area contributed by atoms with Crippen LogP contribution in [0.1, 0.15) is 32.8 Å². The Morgan fingerprint density at radius 1 is 1.27 bits per heavy atom. The highest BCUT2D eigenvalue weighted by molar-refractivity contribution is 5.79. The smallest absolute Gasteiger partial charge is 0.307 e. The number of fused-ring (bicyclic) bond motifs is 1. The summed E-state index contributed by atoms with van der Waals surface area (Å²) >= 11 is 0. The summed E-state index contributed by atoms with van der Waals surface area (Å²) < 4.78 is 15.7. The Balaban J connectivity index is 2.03. The van der Waals surface area contributed by atoms with E-state index in [1.54, 1.807) is 39.0 Å². The molecule has 0 saturated carbocycles. The maximum absolute atomic E-state index is 11.8. The number of carbonyl (C=O) groups excluding carboxylic acids is 1. The predicted octanol–water partition coefficient (Wildman–Crippen LogP) is 2.39. The molecule has 6 nitrogen and oxygen atoms in total. The number of ether oxygens (including phenoxy) is 3. The Morgan fingerprint density at radius 2 is 1.95 bits per heavy atom. The van der Waals surface area contributed by atoms with Crippen molar-refractivity contribution in [3.63, 3.8) is 0 Å². The first-order valence-electron chi connectivity index (χ1n) is 7.08. The number of rotatable bonds is 5. The fraction of sp³-hybridized carbons (Fsp3) is 0.500. The van der Waals surface area contributed by atoms with Crippen molar-refractivity contribution in [2.45, 2.75) is 39.2 Å². The van der Waals surface area contributed by atoms with E-state index in [9.17, 15) is 14.7 Å². The van der Waals surface area contributed by atoms with E-state index in [-0.39, 0.29) is 19.6 Å². The van der Waals surface area contributed by atoms with Crippen molar-refractivity contribution < 1.29 is 28.9 Å². The highest BCUT2D eigenvalue weighted by atomic mass is 16.7. The SMILES string of the molecule is CC(C)(C)OC(=O)CC(Cc1ccc2c(c1)OCO2)C(=O)O. The second-order valence-electron chi connectivity index (χ2n) is 6.22. The summed E-state index contributed by atoms with van der Waals surface area (Å²) in [4.78, 5) is 23.2. The number of benzene rings is 1. The molecule has 1 aliphatic rings. The van der Waals surface area contributed by atoms with Gasteiger partial charge in [-0.25, -0.2) is 0 Å². The van der Waals surface area contributed by atoms with E-state index in [2.05, 4.69) is 0 Å². The van der Waals surface area contributed by atoms with E-state index in [4.69, 9.17) is 14.2 Å². The molecule has 0 aromatic heterocycles. The lowest BCUT2D eigenvalue weighted by Gasteiger charge is -2.21. The van der Waals surface area contributed by atoms with Crippen molar-refractivity contribution in [2.75, 3.05) is 6.79 Å². The minimum Gasteiger partial charge on any atom is -0.481 e. The van der Waals surface area contributed by atoms with Gasteiger partial charge in [-0.05, 0) is 44.9 Å². The zero-order chi connectivity index (χ0) is 16.3. The zero-order valence-electron chi connectivity index (χ0n) is 12.9. The highest BCUT2D eigenvalue weighted by Gasteiger charge is 2.26. The Kier molecular flexibility index (Phi) is 4.59. The molecule has 1 aromatic carbocycles. The molecule has 1 atom stereocenters. The number of aliphatic carboxylic acids is 1. The molecule has 6 heteroatoms. The molecule has 0 fully saturated rings. The van der Waals surface area contributed by atoms with Crippen LogP contribution in [0.2, 0.25) is 0 Å². The van der Waals surface area contributed by atoms with Crippen molar-refractivity contribution in [3.05, 3.63) is 23.8 Å².